The van der Waals surface area contributed by atoms with Crippen molar-refractivity contribution < 1.29 is 13.2 Å². The molecule has 1 aromatic carbocycles. The molecule has 1 N–H and O–H groups in total. The summed E-state index contributed by atoms with van der Waals surface area (Å²) in [6.07, 6.45) is 0. The summed E-state index contributed by atoms with van der Waals surface area (Å²) in [5.74, 6) is 1.01. The Morgan fingerprint density at radius 1 is 1.44 bits per heavy atom. The molecule has 0 heterocycles. The normalized spacial score (nSPS) is 13.1. The molecule has 0 spiro atoms. The molecule has 6 heteroatoms. The maximum Gasteiger partial charge on any atom is 0.152 e. The van der Waals surface area contributed by atoms with Crippen molar-refractivity contribution in [1.29, 1.82) is 0 Å². The SMILES string of the molecule is CCS(=O)(=O)CC(C)Nc1ccc(Br)c(OC)c1. The van der Waals surface area contributed by atoms with Crippen LogP contribution in [0, 0.1) is 0 Å². The molecule has 102 valence electrons. The third-order valence-electron chi connectivity index (χ3n) is 2.51. The second-order valence-corrected chi connectivity index (χ2v) is 7.35. The summed E-state index contributed by atoms with van der Waals surface area (Å²) in [4.78, 5) is 0. The molecule has 18 heavy (non-hydrogen) atoms. The molecule has 0 bridgehead atoms. The standard InChI is InChI=1S/C12H18BrNO3S/c1-4-18(15,16)8-9(2)14-10-5-6-11(13)12(7-10)17-3/h5-7,9,14H,4,8H2,1-3H3. The minimum absolute atomic E-state index is 0.127. The first kappa shape index (κ1) is 15.3. The Labute approximate surface area is 117 Å². The number of rotatable bonds is 6. The highest BCUT2D eigenvalue weighted by Gasteiger charge is 2.13. The fourth-order valence-electron chi connectivity index (χ4n) is 1.57. The van der Waals surface area contributed by atoms with Crippen LogP contribution >= 0.6 is 15.9 Å². The fraction of sp³-hybridized carbons (Fsp3) is 0.500. The Hall–Kier alpha value is -0.750. The van der Waals surface area contributed by atoms with Crippen LogP contribution in [0.2, 0.25) is 0 Å². The van der Waals surface area contributed by atoms with Crippen LogP contribution in [0.3, 0.4) is 0 Å². The van der Waals surface area contributed by atoms with Crippen LogP contribution in [-0.2, 0) is 9.84 Å². The van der Waals surface area contributed by atoms with Gasteiger partial charge in [-0.3, -0.25) is 0 Å². The number of anilines is 1. The monoisotopic (exact) mass is 335 g/mol. The largest absolute Gasteiger partial charge is 0.495 e. The van der Waals surface area contributed by atoms with Gasteiger partial charge >= 0.3 is 0 Å². The van der Waals surface area contributed by atoms with E-state index in [2.05, 4.69) is 21.2 Å². The predicted octanol–water partition coefficient (Wildman–Crippen LogP) is 2.69. The van der Waals surface area contributed by atoms with Crippen LogP contribution in [-0.4, -0.2) is 33.1 Å². The van der Waals surface area contributed by atoms with E-state index in [0.29, 0.717) is 5.75 Å². The average Bonchev–Trinajstić information content (AvgIpc) is 2.31. The van der Waals surface area contributed by atoms with E-state index in [-0.39, 0.29) is 17.5 Å². The molecule has 0 saturated heterocycles. The van der Waals surface area contributed by atoms with Crippen LogP contribution < -0.4 is 10.1 Å². The molecule has 0 radical (unpaired) electrons. The number of methoxy groups -OCH3 is 1. The molecular weight excluding hydrogens is 318 g/mol. The number of hydrogen-bond acceptors (Lipinski definition) is 4. The van der Waals surface area contributed by atoms with Gasteiger partial charge in [-0.15, -0.1) is 0 Å². The van der Waals surface area contributed by atoms with Crippen molar-refractivity contribution in [3.8, 4) is 5.75 Å². The number of sulfone groups is 1. The number of ether oxygens (including phenoxy) is 1. The first-order chi connectivity index (χ1) is 8.38. The van der Waals surface area contributed by atoms with E-state index >= 15 is 0 Å². The van der Waals surface area contributed by atoms with Crippen molar-refractivity contribution in [3.63, 3.8) is 0 Å². The quantitative estimate of drug-likeness (QED) is 0.868. The molecule has 0 saturated carbocycles. The van der Waals surface area contributed by atoms with Gasteiger partial charge in [-0.25, -0.2) is 8.42 Å². The first-order valence-electron chi connectivity index (χ1n) is 5.68. The molecule has 1 atom stereocenters. The van der Waals surface area contributed by atoms with E-state index in [1.54, 1.807) is 14.0 Å². The van der Waals surface area contributed by atoms with E-state index in [9.17, 15) is 8.42 Å². The fourth-order valence-corrected chi connectivity index (χ4v) is 3.06. The molecule has 1 unspecified atom stereocenters. The van der Waals surface area contributed by atoms with Crippen molar-refractivity contribution in [2.75, 3.05) is 23.9 Å². The maximum absolute atomic E-state index is 11.5. The molecule has 0 aliphatic heterocycles. The molecule has 0 aromatic heterocycles. The molecule has 0 fully saturated rings. The van der Waals surface area contributed by atoms with Crippen LogP contribution in [0.4, 0.5) is 5.69 Å². The second-order valence-electron chi connectivity index (χ2n) is 4.09. The Balaban J connectivity index is 2.73. The average molecular weight is 336 g/mol. The Morgan fingerprint density at radius 3 is 2.67 bits per heavy atom. The van der Waals surface area contributed by atoms with Crippen LogP contribution in [0.5, 0.6) is 5.75 Å². The zero-order chi connectivity index (χ0) is 13.8. The summed E-state index contributed by atoms with van der Waals surface area (Å²) in [6.45, 7) is 3.51. The van der Waals surface area contributed by atoms with E-state index in [0.717, 1.165) is 10.2 Å². The van der Waals surface area contributed by atoms with E-state index in [1.165, 1.54) is 0 Å². The number of benzene rings is 1. The summed E-state index contributed by atoms with van der Waals surface area (Å²) in [5.41, 5.74) is 0.842. The molecule has 0 amide bonds. The van der Waals surface area contributed by atoms with Gasteiger partial charge in [-0.05, 0) is 35.0 Å². The first-order valence-corrected chi connectivity index (χ1v) is 8.30. The molecule has 0 aliphatic carbocycles. The highest BCUT2D eigenvalue weighted by Crippen LogP contribution is 2.28. The van der Waals surface area contributed by atoms with Gasteiger partial charge < -0.3 is 10.1 Å². The Kier molecular flexibility index (Phi) is 5.47. The second kappa shape index (κ2) is 6.43. The lowest BCUT2D eigenvalue weighted by Crippen LogP contribution is -2.26. The smallest absolute Gasteiger partial charge is 0.152 e. The molecule has 1 aromatic rings. The lowest BCUT2D eigenvalue weighted by molar-refractivity contribution is 0.412. The van der Waals surface area contributed by atoms with E-state index < -0.39 is 9.84 Å². The van der Waals surface area contributed by atoms with E-state index in [1.807, 2.05) is 25.1 Å². The van der Waals surface area contributed by atoms with Crippen molar-refractivity contribution in [3.05, 3.63) is 22.7 Å². The predicted molar refractivity (Wildman–Crippen MR) is 78.1 cm³/mol. The van der Waals surface area contributed by atoms with Crippen molar-refractivity contribution in [2.45, 2.75) is 19.9 Å². The van der Waals surface area contributed by atoms with Gasteiger partial charge in [0.1, 0.15) is 5.75 Å². The van der Waals surface area contributed by atoms with Crippen LogP contribution in [0.1, 0.15) is 13.8 Å². The summed E-state index contributed by atoms with van der Waals surface area (Å²) < 4.78 is 29.1. The lowest BCUT2D eigenvalue weighted by Gasteiger charge is -2.16. The molecule has 1 rings (SSSR count). The Morgan fingerprint density at radius 2 is 2.11 bits per heavy atom. The summed E-state index contributed by atoms with van der Waals surface area (Å²) in [5, 5.41) is 3.15. The zero-order valence-corrected chi connectivity index (χ0v) is 13.1. The van der Waals surface area contributed by atoms with Gasteiger partial charge in [0, 0.05) is 23.5 Å². The number of nitrogens with one attached hydrogen (secondary N) is 1. The van der Waals surface area contributed by atoms with Gasteiger partial charge in [0.05, 0.1) is 17.3 Å². The van der Waals surface area contributed by atoms with Crippen molar-refractivity contribution >= 4 is 31.5 Å². The third-order valence-corrected chi connectivity index (χ3v) is 5.05. The van der Waals surface area contributed by atoms with Gasteiger partial charge in [-0.2, -0.15) is 0 Å². The summed E-state index contributed by atoms with van der Waals surface area (Å²) in [6, 6.07) is 5.43. The van der Waals surface area contributed by atoms with Crippen molar-refractivity contribution in [2.24, 2.45) is 0 Å². The van der Waals surface area contributed by atoms with E-state index in [4.69, 9.17) is 4.74 Å². The highest BCUT2D eigenvalue weighted by molar-refractivity contribution is 9.10. The minimum atomic E-state index is -2.97. The highest BCUT2D eigenvalue weighted by atomic mass is 79.9. The van der Waals surface area contributed by atoms with Crippen LogP contribution in [0.25, 0.3) is 0 Å². The van der Waals surface area contributed by atoms with Crippen LogP contribution in [0.15, 0.2) is 22.7 Å². The third kappa shape index (κ3) is 4.49. The van der Waals surface area contributed by atoms with Crippen molar-refractivity contribution in [1.82, 2.24) is 0 Å². The lowest BCUT2D eigenvalue weighted by atomic mass is 10.2. The molecule has 0 aliphatic rings. The minimum Gasteiger partial charge on any atom is -0.495 e. The summed E-state index contributed by atoms with van der Waals surface area (Å²) >= 11 is 3.37. The maximum atomic E-state index is 11.5. The van der Waals surface area contributed by atoms with Gasteiger partial charge in [0.25, 0.3) is 0 Å². The van der Waals surface area contributed by atoms with Gasteiger partial charge in [0.15, 0.2) is 9.84 Å². The topological polar surface area (TPSA) is 55.4 Å². The number of hydrogen-bond donors (Lipinski definition) is 1. The van der Waals surface area contributed by atoms with Gasteiger partial charge in [-0.1, -0.05) is 6.92 Å². The Bertz CT molecular complexity index is 502. The zero-order valence-electron chi connectivity index (χ0n) is 10.7. The van der Waals surface area contributed by atoms with Gasteiger partial charge in [0.2, 0.25) is 0 Å². The summed E-state index contributed by atoms with van der Waals surface area (Å²) in [7, 11) is -1.37. The molecule has 4 nitrogen and oxygen atoms in total. The number of halogens is 1. The molecular formula is C12H18BrNO3S.